The minimum Gasteiger partial charge on any atom is -0.308 e. The Kier molecular flexibility index (Phi) is 10.9. The summed E-state index contributed by atoms with van der Waals surface area (Å²) in [6, 6.07) is 79.4. The van der Waals surface area contributed by atoms with E-state index in [1.807, 2.05) is 22.7 Å². The second-order valence-corrected chi connectivity index (χ2v) is 28.9. The molecule has 0 amide bonds. The molecule has 17 aromatic rings. The fraction of sp³-hybridized carbons (Fsp3) is 0.175. The highest BCUT2D eigenvalue weighted by Crippen LogP contribution is 2.55. The van der Waals surface area contributed by atoms with Gasteiger partial charge in [0.05, 0.1) is 65.2 Å². The van der Waals surface area contributed by atoms with Crippen molar-refractivity contribution in [1.29, 1.82) is 0 Å². The smallest absolute Gasteiger partial charge is 0.0641 e. The third-order valence-electron chi connectivity index (χ3n) is 19.0. The lowest BCUT2D eigenvalue weighted by molar-refractivity contribution is 0.596. The first-order chi connectivity index (χ1) is 41.6. The van der Waals surface area contributed by atoms with Gasteiger partial charge in [0.2, 0.25) is 0 Å². The number of nitrogens with zero attached hydrogens (tertiary/aromatic N) is 4. The van der Waals surface area contributed by atoms with Gasteiger partial charge >= 0.3 is 0 Å². The van der Waals surface area contributed by atoms with E-state index in [1.165, 1.54) is 162 Å². The number of para-hydroxylation sites is 2. The third-order valence-corrected chi connectivity index (χ3v) is 21.5. The summed E-state index contributed by atoms with van der Waals surface area (Å²) in [5, 5.41) is 15.3. The average Bonchev–Trinajstić information content (AvgIpc) is 1.59. The number of aromatic nitrogens is 2. The summed E-state index contributed by atoms with van der Waals surface area (Å²) in [7, 11) is 0. The van der Waals surface area contributed by atoms with E-state index in [0.717, 1.165) is 11.4 Å². The van der Waals surface area contributed by atoms with Crippen LogP contribution in [-0.4, -0.2) is 8.80 Å². The minimum atomic E-state index is 0.00150. The molecule has 0 fully saturated rings. The van der Waals surface area contributed by atoms with Crippen LogP contribution in [0.5, 0.6) is 0 Å². The molecule has 0 N–H and O–H groups in total. The van der Waals surface area contributed by atoms with Crippen LogP contribution in [0.2, 0.25) is 0 Å². The van der Waals surface area contributed by atoms with Crippen LogP contribution >= 0.6 is 22.7 Å². The third kappa shape index (κ3) is 7.20. The van der Waals surface area contributed by atoms with Gasteiger partial charge in [0.25, 0.3) is 0 Å². The molecular weight excluding hydrogens is 1080 g/mol. The standard InChI is InChI=1S/C80H66N4S2/c1-45(2)47-31-35-49(36-32-47)81(67-29-17-23-55-53-21-15-25-61(79(5,6)7)75(53)85-77(55)67)65-41-39-51-59-43-70-60(44-69(59)83-63-27-13-11-19-57(63)71(65)73(51)83)52-40-42-66(72-58-20-12-14-28-64(58)84(70)74(52)72)82(50-37-33-48(34-38-50)46(3)4)68-30-18-24-56-54-22-16-26-62(80(8,9)10)76(54)86-78(56)68/h11-46H,1-10H3. The van der Waals surface area contributed by atoms with Crippen LogP contribution in [0.25, 0.3) is 117 Å². The number of benzene rings is 11. The predicted molar refractivity (Wildman–Crippen MR) is 376 cm³/mol. The second-order valence-electron chi connectivity index (χ2n) is 26.8. The molecule has 86 heavy (non-hydrogen) atoms. The quantitative estimate of drug-likeness (QED) is 0.151. The molecule has 6 heterocycles. The molecule has 0 spiro atoms. The largest absolute Gasteiger partial charge is 0.308 e. The number of fused-ring (bicyclic) bond motifs is 18. The maximum absolute atomic E-state index is 2.59. The molecule has 17 rings (SSSR count). The van der Waals surface area contributed by atoms with E-state index in [9.17, 15) is 0 Å². The topological polar surface area (TPSA) is 15.3 Å². The first kappa shape index (κ1) is 51.5. The maximum atomic E-state index is 2.59. The van der Waals surface area contributed by atoms with Gasteiger partial charge in [-0.15, -0.1) is 22.7 Å². The van der Waals surface area contributed by atoms with E-state index < -0.39 is 0 Å². The van der Waals surface area contributed by atoms with E-state index in [-0.39, 0.29) is 10.8 Å². The van der Waals surface area contributed by atoms with Gasteiger partial charge in [0, 0.05) is 85.4 Å². The molecule has 0 bridgehead atoms. The molecule has 0 saturated heterocycles. The van der Waals surface area contributed by atoms with E-state index in [0.29, 0.717) is 11.8 Å². The molecule has 0 atom stereocenters. The number of hydrogen-bond donors (Lipinski definition) is 0. The van der Waals surface area contributed by atoms with Crippen molar-refractivity contribution in [3.8, 4) is 0 Å². The van der Waals surface area contributed by atoms with Gasteiger partial charge in [-0.3, -0.25) is 0 Å². The molecule has 4 nitrogen and oxygen atoms in total. The van der Waals surface area contributed by atoms with Crippen molar-refractivity contribution in [2.45, 2.75) is 91.9 Å². The fourth-order valence-electron chi connectivity index (χ4n) is 14.8. The van der Waals surface area contributed by atoms with Gasteiger partial charge in [-0.05, 0) is 118 Å². The Labute approximate surface area is 509 Å². The molecule has 0 radical (unpaired) electrons. The van der Waals surface area contributed by atoms with Gasteiger partial charge in [0.1, 0.15) is 0 Å². The van der Waals surface area contributed by atoms with Gasteiger partial charge in [0.15, 0.2) is 0 Å². The van der Waals surface area contributed by atoms with E-state index in [4.69, 9.17) is 0 Å². The molecule has 6 aromatic heterocycles. The van der Waals surface area contributed by atoms with Crippen LogP contribution in [0, 0.1) is 0 Å². The predicted octanol–water partition coefficient (Wildman–Crippen LogP) is 24.5. The lowest BCUT2D eigenvalue weighted by Gasteiger charge is -2.27. The van der Waals surface area contributed by atoms with Gasteiger partial charge in [-0.2, -0.15) is 0 Å². The molecule has 0 aliphatic heterocycles. The molecule has 6 heteroatoms. The number of thiophene rings is 2. The Balaban J connectivity index is 0.926. The molecule has 418 valence electrons. The monoisotopic (exact) mass is 1150 g/mol. The molecule has 0 aliphatic rings. The highest BCUT2D eigenvalue weighted by molar-refractivity contribution is 7.27. The number of rotatable bonds is 8. The van der Waals surface area contributed by atoms with Crippen molar-refractivity contribution in [2.75, 3.05) is 9.80 Å². The molecule has 0 aliphatic carbocycles. The van der Waals surface area contributed by atoms with Crippen LogP contribution in [0.4, 0.5) is 34.1 Å². The molecule has 0 saturated carbocycles. The van der Waals surface area contributed by atoms with Crippen molar-refractivity contribution in [1.82, 2.24) is 8.80 Å². The van der Waals surface area contributed by atoms with Crippen molar-refractivity contribution in [3.05, 3.63) is 229 Å². The summed E-state index contributed by atoms with van der Waals surface area (Å²) in [6.45, 7) is 23.2. The van der Waals surface area contributed by atoms with Crippen LogP contribution in [0.3, 0.4) is 0 Å². The Morgan fingerprint density at radius 3 is 1.06 bits per heavy atom. The normalized spacial score (nSPS) is 13.0. The average molecular weight is 1150 g/mol. The number of anilines is 6. The maximum Gasteiger partial charge on any atom is 0.0641 e. The Hall–Kier alpha value is -8.94. The summed E-state index contributed by atoms with van der Waals surface area (Å²) in [4.78, 5) is 5.14. The summed E-state index contributed by atoms with van der Waals surface area (Å²) < 4.78 is 10.5. The summed E-state index contributed by atoms with van der Waals surface area (Å²) in [5.74, 6) is 0.842. The molecule has 11 aromatic carbocycles. The van der Waals surface area contributed by atoms with Crippen molar-refractivity contribution >= 4 is 173 Å². The van der Waals surface area contributed by atoms with Gasteiger partial charge < -0.3 is 18.6 Å². The first-order valence-corrected chi connectivity index (χ1v) is 32.3. The van der Waals surface area contributed by atoms with Gasteiger partial charge in [-0.1, -0.05) is 203 Å². The summed E-state index contributed by atoms with van der Waals surface area (Å²) in [5.41, 5.74) is 19.9. The van der Waals surface area contributed by atoms with Crippen molar-refractivity contribution in [3.63, 3.8) is 0 Å². The van der Waals surface area contributed by atoms with Crippen LogP contribution in [-0.2, 0) is 10.8 Å². The van der Waals surface area contributed by atoms with Gasteiger partial charge in [-0.25, -0.2) is 0 Å². The Morgan fingerprint density at radius 2 is 0.674 bits per heavy atom. The van der Waals surface area contributed by atoms with Crippen molar-refractivity contribution in [2.24, 2.45) is 0 Å². The van der Waals surface area contributed by atoms with E-state index in [2.05, 4.69) is 294 Å². The Bertz CT molecular complexity index is 5270. The highest BCUT2D eigenvalue weighted by Gasteiger charge is 2.31. The zero-order valence-corrected chi connectivity index (χ0v) is 52.0. The van der Waals surface area contributed by atoms with E-state index in [1.54, 1.807) is 0 Å². The number of hydrogen-bond acceptors (Lipinski definition) is 4. The minimum absolute atomic E-state index is 0.00150. The lowest BCUT2D eigenvalue weighted by Crippen LogP contribution is -2.10. The van der Waals surface area contributed by atoms with Crippen LogP contribution in [0.1, 0.15) is 103 Å². The zero-order valence-electron chi connectivity index (χ0n) is 50.4. The van der Waals surface area contributed by atoms with E-state index >= 15 is 0 Å². The fourth-order valence-corrected chi connectivity index (χ4v) is 17.9. The van der Waals surface area contributed by atoms with Crippen molar-refractivity contribution < 1.29 is 0 Å². The lowest BCUT2D eigenvalue weighted by atomic mass is 9.86. The SMILES string of the molecule is CC(C)c1ccc(N(c2cccc3c2sc2c(C(C)(C)C)cccc23)c2ccc3c4cc5c(cc4n4c6ccccc6c2c34)c2ccc(N(c3ccc(C(C)C)cc3)c3cccc4c3sc3c(C(C)(C)C)cccc34)c3c4ccccc4n5c23)cc1. The molecule has 0 unspecified atom stereocenters. The highest BCUT2D eigenvalue weighted by atomic mass is 32.1. The second kappa shape index (κ2) is 18.3. The van der Waals surface area contributed by atoms with Crippen LogP contribution in [0.15, 0.2) is 206 Å². The summed E-state index contributed by atoms with van der Waals surface area (Å²) in [6.07, 6.45) is 0. The van der Waals surface area contributed by atoms with Crippen LogP contribution < -0.4 is 9.80 Å². The molecular formula is C80H66N4S2. The zero-order chi connectivity index (χ0) is 58.4. The Morgan fingerprint density at radius 1 is 0.314 bits per heavy atom. The first-order valence-electron chi connectivity index (χ1n) is 30.6. The summed E-state index contributed by atoms with van der Waals surface area (Å²) >= 11 is 3.89.